The fraction of sp³-hybridized carbons (Fsp3) is 1.00. The Morgan fingerprint density at radius 3 is 1.37 bits per heavy atom. The third-order valence-corrected chi connectivity index (χ3v) is 16.9. The standard InChI is InChI=1S/C11H25ClO4SSi.C10H19ClO5S.C9H19ClO5S.C7H15ClO5S/c1-11(2,3)18(5,6)16-10(9-12)7-8-15-17(4,13)14;1-17(12,13)15-7-5-9(8-11)16-10-4-2-3-6-14-10;1-4-13-8(2)15-9(7-10)5-6-14-16(3,11)12;1-11-6-12-7(5-8)3-4-13-14(2,9)10/h10H,7-9H2,1-6H3;9-10H,2-8H2,1H3;8-9H,4-7H2,1-3H3;7H,3-6H2,1-2H3/t10-;9-,10?;8?,9-;7-/m0000/s1. The molecule has 0 aromatic carbocycles. The summed E-state index contributed by atoms with van der Waals surface area (Å²) in [6.07, 6.45) is 7.34. The molecule has 396 valence electrons. The van der Waals surface area contributed by atoms with Gasteiger partial charge in [0, 0.05) is 43.8 Å². The molecule has 2 unspecified atom stereocenters. The molecule has 0 radical (unpaired) electrons. The first-order valence-corrected chi connectivity index (χ1v) is 33.0. The molecule has 0 aromatic heterocycles. The fourth-order valence-corrected chi connectivity index (χ4v) is 8.40. The Morgan fingerprint density at radius 1 is 0.631 bits per heavy atom. The van der Waals surface area contributed by atoms with Gasteiger partial charge in [-0.05, 0) is 76.9 Å². The van der Waals surface area contributed by atoms with Crippen LogP contribution >= 0.6 is 46.4 Å². The highest BCUT2D eigenvalue weighted by atomic mass is 35.5. The second-order valence-electron chi connectivity index (χ2n) is 15.9. The van der Waals surface area contributed by atoms with Crippen molar-refractivity contribution in [1.82, 2.24) is 0 Å². The molecule has 28 heteroatoms. The van der Waals surface area contributed by atoms with E-state index >= 15 is 0 Å². The number of methoxy groups -OCH3 is 1. The van der Waals surface area contributed by atoms with Gasteiger partial charge in [0.25, 0.3) is 40.5 Å². The van der Waals surface area contributed by atoms with Crippen molar-refractivity contribution in [3.63, 3.8) is 0 Å². The lowest BCUT2D eigenvalue weighted by Crippen LogP contribution is -2.44. The maximum absolute atomic E-state index is 10.9. The second-order valence-corrected chi connectivity index (χ2v) is 28.5. The molecule has 0 spiro atoms. The average molecular weight is 1130 g/mol. The number of hydrogen-bond donors (Lipinski definition) is 0. The molecular formula is C37H78Cl4O19S4Si. The van der Waals surface area contributed by atoms with Crippen molar-refractivity contribution in [3.8, 4) is 0 Å². The van der Waals surface area contributed by atoms with E-state index in [1.165, 1.54) is 7.11 Å². The molecule has 0 saturated carbocycles. The van der Waals surface area contributed by atoms with Gasteiger partial charge in [0.1, 0.15) is 6.79 Å². The van der Waals surface area contributed by atoms with Crippen LogP contribution in [0.3, 0.4) is 0 Å². The summed E-state index contributed by atoms with van der Waals surface area (Å²) in [6.45, 7) is 16.1. The molecule has 0 N–H and O–H groups in total. The molecule has 0 aliphatic carbocycles. The summed E-state index contributed by atoms with van der Waals surface area (Å²) in [7, 11) is -13.9. The first-order chi connectivity index (χ1) is 29.8. The number of alkyl halides is 4. The molecule has 0 bridgehead atoms. The van der Waals surface area contributed by atoms with Gasteiger partial charge in [-0.1, -0.05) is 20.8 Å². The minimum Gasteiger partial charge on any atom is -0.413 e. The van der Waals surface area contributed by atoms with Gasteiger partial charge in [-0.3, -0.25) is 16.7 Å². The van der Waals surface area contributed by atoms with Crippen LogP contribution < -0.4 is 0 Å². The summed E-state index contributed by atoms with van der Waals surface area (Å²) in [5.74, 6) is 1.19. The lowest BCUT2D eigenvalue weighted by Gasteiger charge is -2.38. The van der Waals surface area contributed by atoms with Crippen LogP contribution in [0.5, 0.6) is 0 Å². The molecule has 1 aliphatic rings. The molecule has 1 rings (SSSR count). The van der Waals surface area contributed by atoms with E-state index < -0.39 is 48.8 Å². The lowest BCUT2D eigenvalue weighted by molar-refractivity contribution is -0.185. The molecular weight excluding hydrogens is 1050 g/mol. The highest BCUT2D eigenvalue weighted by Crippen LogP contribution is 2.37. The summed E-state index contributed by atoms with van der Waals surface area (Å²) >= 11 is 22.9. The lowest BCUT2D eigenvalue weighted by atomic mass is 10.2. The summed E-state index contributed by atoms with van der Waals surface area (Å²) in [5, 5.41) is 0.106. The third kappa shape index (κ3) is 46.9. The highest BCUT2D eigenvalue weighted by Gasteiger charge is 2.39. The minimum absolute atomic E-state index is 0.0645. The van der Waals surface area contributed by atoms with Crippen LogP contribution in [0.15, 0.2) is 0 Å². The SMILES string of the molecule is CC(C)(C)[Si](C)(C)O[C@H](CCl)CCOS(C)(=O)=O.CCOC(C)O[C@H](CCl)CCOS(C)(=O)=O.COCO[C@H](CCl)CCOS(C)(=O)=O.CS(=O)(=O)OCC[C@@H](CCl)OC1CCCCO1. The Kier molecular flexibility index (Phi) is 40.4. The van der Waals surface area contributed by atoms with Crippen molar-refractivity contribution in [2.24, 2.45) is 0 Å². The van der Waals surface area contributed by atoms with E-state index in [-0.39, 0.29) is 87.0 Å². The maximum atomic E-state index is 10.9. The quantitative estimate of drug-likeness (QED) is 0.0315. The van der Waals surface area contributed by atoms with E-state index in [1.807, 2.05) is 6.92 Å². The third-order valence-electron chi connectivity index (χ3n) is 8.59. The van der Waals surface area contributed by atoms with Gasteiger partial charge in [-0.2, -0.15) is 33.7 Å². The van der Waals surface area contributed by atoms with Gasteiger partial charge in [0.05, 0.1) is 75.9 Å². The zero-order chi connectivity index (χ0) is 51.0. The van der Waals surface area contributed by atoms with Crippen LogP contribution in [0.25, 0.3) is 0 Å². The number of halogens is 4. The highest BCUT2D eigenvalue weighted by molar-refractivity contribution is 7.86. The van der Waals surface area contributed by atoms with Crippen molar-refractivity contribution >= 4 is 95.2 Å². The maximum Gasteiger partial charge on any atom is 0.264 e. The molecule has 1 saturated heterocycles. The van der Waals surface area contributed by atoms with Crippen LogP contribution in [0.1, 0.15) is 79.6 Å². The van der Waals surface area contributed by atoms with E-state index in [1.54, 1.807) is 6.92 Å². The largest absolute Gasteiger partial charge is 0.413 e. The molecule has 0 amide bonds. The van der Waals surface area contributed by atoms with Gasteiger partial charge in [-0.15, -0.1) is 46.4 Å². The Hall–Kier alpha value is 0.737. The molecule has 1 aliphatic heterocycles. The van der Waals surface area contributed by atoms with E-state index in [9.17, 15) is 33.7 Å². The predicted molar refractivity (Wildman–Crippen MR) is 258 cm³/mol. The van der Waals surface area contributed by atoms with Gasteiger partial charge in [0.15, 0.2) is 20.9 Å². The number of ether oxygens (including phenoxy) is 6. The van der Waals surface area contributed by atoms with Crippen LogP contribution in [-0.2, 0) is 90.1 Å². The summed E-state index contributed by atoms with van der Waals surface area (Å²) in [5.41, 5.74) is 0. The van der Waals surface area contributed by atoms with E-state index in [0.29, 0.717) is 50.7 Å². The van der Waals surface area contributed by atoms with Crippen molar-refractivity contribution in [1.29, 1.82) is 0 Å². The molecule has 65 heavy (non-hydrogen) atoms. The average Bonchev–Trinajstić information content (AvgIpc) is 3.17. The smallest absolute Gasteiger partial charge is 0.264 e. The Morgan fingerprint density at radius 2 is 1.03 bits per heavy atom. The minimum atomic E-state index is -3.40. The van der Waals surface area contributed by atoms with Crippen LogP contribution in [0.4, 0.5) is 0 Å². The molecule has 1 heterocycles. The Labute approximate surface area is 412 Å². The predicted octanol–water partition coefficient (Wildman–Crippen LogP) is 6.43. The molecule has 1 fully saturated rings. The molecule has 19 nitrogen and oxygen atoms in total. The number of rotatable bonds is 31. The zero-order valence-electron chi connectivity index (χ0n) is 40.1. The van der Waals surface area contributed by atoms with Gasteiger partial charge < -0.3 is 32.8 Å². The Bertz CT molecular complexity index is 1620. The van der Waals surface area contributed by atoms with Crippen molar-refractivity contribution in [3.05, 3.63) is 0 Å². The summed E-state index contributed by atoms with van der Waals surface area (Å²) < 4.78 is 142. The fourth-order valence-electron chi connectivity index (χ4n) is 4.40. The summed E-state index contributed by atoms with van der Waals surface area (Å²) in [6, 6.07) is 0. The monoisotopic (exact) mass is 1120 g/mol. The summed E-state index contributed by atoms with van der Waals surface area (Å²) in [4.78, 5) is 0. The number of hydrogen-bond acceptors (Lipinski definition) is 19. The van der Waals surface area contributed by atoms with Crippen LogP contribution in [0, 0.1) is 0 Å². The first-order valence-electron chi connectivity index (χ1n) is 20.7. The van der Waals surface area contributed by atoms with Crippen LogP contribution in [-0.4, -0.2) is 181 Å². The van der Waals surface area contributed by atoms with E-state index in [2.05, 4.69) is 51.2 Å². The van der Waals surface area contributed by atoms with Gasteiger partial charge >= 0.3 is 0 Å². The second kappa shape index (κ2) is 37.5. The van der Waals surface area contributed by atoms with Gasteiger partial charge in [-0.25, -0.2) is 0 Å². The van der Waals surface area contributed by atoms with Crippen molar-refractivity contribution < 1.29 is 83.3 Å². The van der Waals surface area contributed by atoms with Crippen molar-refractivity contribution in [2.45, 2.75) is 135 Å². The first kappa shape index (κ1) is 70.0. The van der Waals surface area contributed by atoms with E-state index in [4.69, 9.17) is 78.7 Å². The van der Waals surface area contributed by atoms with Gasteiger partial charge in [0.2, 0.25) is 0 Å². The van der Waals surface area contributed by atoms with E-state index in [0.717, 1.165) is 44.3 Å². The normalized spacial score (nSPS) is 17.5. The zero-order valence-corrected chi connectivity index (χ0v) is 47.4. The van der Waals surface area contributed by atoms with Crippen molar-refractivity contribution in [2.75, 3.05) is 102 Å². The Balaban J connectivity index is -0.000000792. The molecule has 0 aromatic rings. The topological polar surface area (TPSA) is 238 Å². The molecule has 6 atom stereocenters. The van der Waals surface area contributed by atoms with Crippen LogP contribution in [0.2, 0.25) is 18.1 Å².